The lowest BCUT2D eigenvalue weighted by Crippen LogP contribution is -2.56. The van der Waals surface area contributed by atoms with Crippen LogP contribution in [0.15, 0.2) is 0 Å². The Morgan fingerprint density at radius 3 is 2.63 bits per heavy atom. The van der Waals surface area contributed by atoms with Gasteiger partial charge in [-0.15, -0.1) is 0 Å². The summed E-state index contributed by atoms with van der Waals surface area (Å²) in [6.45, 7) is 9.52. The molecule has 2 fully saturated rings. The summed E-state index contributed by atoms with van der Waals surface area (Å²) in [5.74, 6) is 0.752. The van der Waals surface area contributed by atoms with Gasteiger partial charge in [-0.1, -0.05) is 13.8 Å². The van der Waals surface area contributed by atoms with Crippen molar-refractivity contribution in [2.24, 2.45) is 5.92 Å². The third kappa shape index (κ3) is 3.50. The van der Waals surface area contributed by atoms with E-state index in [2.05, 4.69) is 31.0 Å². The minimum atomic E-state index is 0.503. The first-order valence-electron chi connectivity index (χ1n) is 8.19. The molecule has 0 amide bonds. The Morgan fingerprint density at radius 1 is 1.21 bits per heavy atom. The SMILES string of the molecule is CCCNC1CCN(C2CCC(OC)C2)C(C)C1C. The largest absolute Gasteiger partial charge is 0.381 e. The van der Waals surface area contributed by atoms with Gasteiger partial charge in [-0.05, 0) is 51.5 Å². The molecule has 1 heterocycles. The molecule has 1 aliphatic heterocycles. The van der Waals surface area contributed by atoms with Gasteiger partial charge in [0.25, 0.3) is 0 Å². The predicted octanol–water partition coefficient (Wildman–Crippen LogP) is 2.65. The van der Waals surface area contributed by atoms with Crippen LogP contribution in [-0.2, 0) is 4.74 Å². The van der Waals surface area contributed by atoms with E-state index in [0.29, 0.717) is 18.2 Å². The molecular formula is C16H32N2O. The smallest absolute Gasteiger partial charge is 0.0586 e. The van der Waals surface area contributed by atoms with Gasteiger partial charge >= 0.3 is 0 Å². The highest BCUT2D eigenvalue weighted by Gasteiger charge is 2.38. The molecule has 0 aromatic carbocycles. The van der Waals surface area contributed by atoms with Gasteiger partial charge in [0.15, 0.2) is 0 Å². The zero-order chi connectivity index (χ0) is 13.8. The van der Waals surface area contributed by atoms with E-state index in [1.165, 1.54) is 38.6 Å². The number of hydrogen-bond donors (Lipinski definition) is 1. The molecule has 3 nitrogen and oxygen atoms in total. The molecule has 1 saturated heterocycles. The lowest BCUT2D eigenvalue weighted by molar-refractivity contribution is 0.0380. The summed E-state index contributed by atoms with van der Waals surface area (Å²) in [6.07, 6.45) is 6.85. The van der Waals surface area contributed by atoms with Crippen molar-refractivity contribution in [3.8, 4) is 0 Å². The summed E-state index contributed by atoms with van der Waals surface area (Å²) in [4.78, 5) is 2.76. The standard InChI is InChI=1S/C16H32N2O/c1-5-9-17-16-8-10-18(13(3)12(16)2)14-6-7-15(11-14)19-4/h12-17H,5-11H2,1-4H3. The normalized spacial score (nSPS) is 40.7. The van der Waals surface area contributed by atoms with Crippen molar-refractivity contribution in [1.29, 1.82) is 0 Å². The maximum Gasteiger partial charge on any atom is 0.0586 e. The molecule has 1 aliphatic carbocycles. The fraction of sp³-hybridized carbons (Fsp3) is 1.00. The minimum Gasteiger partial charge on any atom is -0.381 e. The van der Waals surface area contributed by atoms with E-state index in [1.807, 2.05) is 7.11 Å². The Kier molecular flexibility index (Phi) is 5.67. The van der Waals surface area contributed by atoms with Crippen LogP contribution in [0.3, 0.4) is 0 Å². The van der Waals surface area contributed by atoms with Crippen molar-refractivity contribution in [3.63, 3.8) is 0 Å². The second-order valence-electron chi connectivity index (χ2n) is 6.51. The van der Waals surface area contributed by atoms with Crippen molar-refractivity contribution in [1.82, 2.24) is 10.2 Å². The number of rotatable bonds is 5. The summed E-state index contributed by atoms with van der Waals surface area (Å²) in [5.41, 5.74) is 0. The minimum absolute atomic E-state index is 0.503. The van der Waals surface area contributed by atoms with Gasteiger partial charge in [0, 0.05) is 31.8 Å². The Bertz CT molecular complexity index is 271. The Balaban J connectivity index is 1.88. The quantitative estimate of drug-likeness (QED) is 0.829. The van der Waals surface area contributed by atoms with Crippen LogP contribution < -0.4 is 5.32 Å². The van der Waals surface area contributed by atoms with Crippen LogP contribution in [0.2, 0.25) is 0 Å². The fourth-order valence-electron chi connectivity index (χ4n) is 3.96. The van der Waals surface area contributed by atoms with E-state index in [4.69, 9.17) is 4.74 Å². The van der Waals surface area contributed by atoms with Gasteiger partial charge in [0.2, 0.25) is 0 Å². The zero-order valence-electron chi connectivity index (χ0n) is 13.2. The van der Waals surface area contributed by atoms with Gasteiger partial charge in [-0.3, -0.25) is 4.90 Å². The molecule has 2 rings (SSSR count). The lowest BCUT2D eigenvalue weighted by Gasteiger charge is -2.46. The van der Waals surface area contributed by atoms with Gasteiger partial charge < -0.3 is 10.1 Å². The van der Waals surface area contributed by atoms with Crippen LogP contribution >= 0.6 is 0 Å². The van der Waals surface area contributed by atoms with Gasteiger partial charge in [-0.25, -0.2) is 0 Å². The number of likely N-dealkylation sites (tertiary alicyclic amines) is 1. The molecule has 3 heteroatoms. The molecule has 0 spiro atoms. The van der Waals surface area contributed by atoms with Crippen LogP contribution in [0.25, 0.3) is 0 Å². The van der Waals surface area contributed by atoms with E-state index in [9.17, 15) is 0 Å². The topological polar surface area (TPSA) is 24.5 Å². The number of piperidine rings is 1. The summed E-state index contributed by atoms with van der Waals surface area (Å²) < 4.78 is 5.53. The average molecular weight is 268 g/mol. The monoisotopic (exact) mass is 268 g/mol. The van der Waals surface area contributed by atoms with E-state index >= 15 is 0 Å². The van der Waals surface area contributed by atoms with E-state index < -0.39 is 0 Å². The van der Waals surface area contributed by atoms with Crippen LogP contribution in [0.5, 0.6) is 0 Å². The molecule has 1 N–H and O–H groups in total. The van der Waals surface area contributed by atoms with E-state index in [-0.39, 0.29) is 0 Å². The van der Waals surface area contributed by atoms with Crippen molar-refractivity contribution >= 4 is 0 Å². The molecule has 0 radical (unpaired) electrons. The molecule has 2 aliphatic rings. The number of hydrogen-bond acceptors (Lipinski definition) is 3. The van der Waals surface area contributed by atoms with Gasteiger partial charge in [0.1, 0.15) is 0 Å². The third-order valence-electron chi connectivity index (χ3n) is 5.43. The van der Waals surface area contributed by atoms with Crippen molar-refractivity contribution in [2.45, 2.75) is 77.1 Å². The molecule has 5 atom stereocenters. The van der Waals surface area contributed by atoms with Crippen molar-refractivity contribution in [2.75, 3.05) is 20.2 Å². The molecule has 0 aromatic heterocycles. The number of nitrogens with zero attached hydrogens (tertiary/aromatic N) is 1. The molecule has 0 aromatic rings. The lowest BCUT2D eigenvalue weighted by atomic mass is 9.85. The summed E-state index contributed by atoms with van der Waals surface area (Å²) >= 11 is 0. The van der Waals surface area contributed by atoms with Crippen LogP contribution in [-0.4, -0.2) is 49.3 Å². The molecular weight excluding hydrogens is 236 g/mol. The second-order valence-corrected chi connectivity index (χ2v) is 6.51. The van der Waals surface area contributed by atoms with E-state index in [1.54, 1.807) is 0 Å². The highest BCUT2D eigenvalue weighted by molar-refractivity contribution is 4.94. The van der Waals surface area contributed by atoms with Crippen molar-refractivity contribution in [3.05, 3.63) is 0 Å². The molecule has 112 valence electrons. The molecule has 0 bridgehead atoms. The van der Waals surface area contributed by atoms with Crippen LogP contribution in [0.4, 0.5) is 0 Å². The Morgan fingerprint density at radius 2 is 2.00 bits per heavy atom. The van der Waals surface area contributed by atoms with Gasteiger partial charge in [-0.2, -0.15) is 0 Å². The highest BCUT2D eigenvalue weighted by atomic mass is 16.5. The average Bonchev–Trinajstić information content (AvgIpc) is 2.89. The molecule has 5 unspecified atom stereocenters. The first-order valence-corrected chi connectivity index (χ1v) is 8.19. The summed E-state index contributed by atoms with van der Waals surface area (Å²) in [5, 5.41) is 3.73. The summed E-state index contributed by atoms with van der Waals surface area (Å²) in [6, 6.07) is 2.17. The summed E-state index contributed by atoms with van der Waals surface area (Å²) in [7, 11) is 1.86. The highest BCUT2D eigenvalue weighted by Crippen LogP contribution is 2.33. The Hall–Kier alpha value is -0.120. The molecule has 19 heavy (non-hydrogen) atoms. The van der Waals surface area contributed by atoms with Crippen LogP contribution in [0, 0.1) is 5.92 Å². The third-order valence-corrected chi connectivity index (χ3v) is 5.43. The second kappa shape index (κ2) is 7.05. The number of ether oxygens (including phenoxy) is 1. The predicted molar refractivity (Wildman–Crippen MR) is 80.5 cm³/mol. The van der Waals surface area contributed by atoms with Crippen LogP contribution in [0.1, 0.15) is 52.9 Å². The van der Waals surface area contributed by atoms with E-state index in [0.717, 1.165) is 18.5 Å². The number of nitrogens with one attached hydrogen (secondary N) is 1. The van der Waals surface area contributed by atoms with Gasteiger partial charge in [0.05, 0.1) is 6.10 Å². The maximum absolute atomic E-state index is 5.53. The zero-order valence-corrected chi connectivity index (χ0v) is 13.2. The van der Waals surface area contributed by atoms with Crippen molar-refractivity contribution < 1.29 is 4.74 Å². The first kappa shape index (κ1) is 15.3. The Labute approximate surface area is 119 Å². The number of methoxy groups -OCH3 is 1. The first-order chi connectivity index (χ1) is 9.17. The maximum atomic E-state index is 5.53. The molecule has 1 saturated carbocycles. The fourth-order valence-corrected chi connectivity index (χ4v) is 3.96.